The Kier molecular flexibility index (Phi) is 4.68. The molecule has 5 heteroatoms. The largest absolute Gasteiger partial charge is 0.393 e. The van der Waals surface area contributed by atoms with Gasteiger partial charge in [-0.2, -0.15) is 0 Å². The lowest BCUT2D eigenvalue weighted by molar-refractivity contribution is -0.0978. The van der Waals surface area contributed by atoms with Gasteiger partial charge in [0, 0.05) is 31.5 Å². The number of carbonyl (C=O) groups is 1. The van der Waals surface area contributed by atoms with E-state index in [1.54, 1.807) is 11.9 Å². The molecule has 2 fully saturated rings. The Labute approximate surface area is 115 Å². The molecule has 0 radical (unpaired) electrons. The molecule has 0 aromatic carbocycles. The number of hydrogen-bond donors (Lipinski definition) is 2. The second kappa shape index (κ2) is 6.09. The van der Waals surface area contributed by atoms with E-state index in [1.807, 2.05) is 0 Å². The van der Waals surface area contributed by atoms with E-state index in [0.717, 1.165) is 38.9 Å². The Morgan fingerprint density at radius 1 is 1.42 bits per heavy atom. The third-order valence-corrected chi connectivity index (χ3v) is 4.29. The Morgan fingerprint density at radius 3 is 2.68 bits per heavy atom. The van der Waals surface area contributed by atoms with Crippen molar-refractivity contribution < 1.29 is 14.6 Å². The molecular weight excluding hydrogens is 244 g/mol. The van der Waals surface area contributed by atoms with Crippen LogP contribution in [0.15, 0.2) is 0 Å². The first-order valence-corrected chi connectivity index (χ1v) is 7.25. The van der Waals surface area contributed by atoms with Gasteiger partial charge in [-0.3, -0.25) is 0 Å². The first-order valence-electron chi connectivity index (χ1n) is 7.25. The van der Waals surface area contributed by atoms with Gasteiger partial charge in [0.1, 0.15) is 0 Å². The molecule has 2 N–H and O–H groups in total. The van der Waals surface area contributed by atoms with E-state index in [0.29, 0.717) is 13.1 Å². The van der Waals surface area contributed by atoms with Crippen LogP contribution in [0.3, 0.4) is 0 Å². The maximum Gasteiger partial charge on any atom is 0.317 e. The fraction of sp³-hybridized carbons (Fsp3) is 0.929. The number of aliphatic hydroxyl groups excluding tert-OH is 1. The van der Waals surface area contributed by atoms with Gasteiger partial charge in [0.15, 0.2) is 0 Å². The van der Waals surface area contributed by atoms with Crippen molar-refractivity contribution in [3.8, 4) is 0 Å². The van der Waals surface area contributed by atoms with E-state index in [4.69, 9.17) is 4.74 Å². The van der Waals surface area contributed by atoms with Gasteiger partial charge in [0.2, 0.25) is 0 Å². The molecule has 0 bridgehead atoms. The molecule has 1 saturated heterocycles. The molecule has 1 saturated carbocycles. The summed E-state index contributed by atoms with van der Waals surface area (Å²) in [4.78, 5) is 13.7. The molecule has 110 valence electrons. The molecule has 19 heavy (non-hydrogen) atoms. The lowest BCUT2D eigenvalue weighted by Crippen LogP contribution is -2.51. The summed E-state index contributed by atoms with van der Waals surface area (Å²) < 4.78 is 5.17. The van der Waals surface area contributed by atoms with E-state index < -0.39 is 0 Å². The van der Waals surface area contributed by atoms with Crippen LogP contribution in [0.4, 0.5) is 4.79 Å². The van der Waals surface area contributed by atoms with Crippen molar-refractivity contribution in [3.63, 3.8) is 0 Å². The minimum absolute atomic E-state index is 0.0501. The summed E-state index contributed by atoms with van der Waals surface area (Å²) in [5, 5.41) is 12.9. The van der Waals surface area contributed by atoms with E-state index in [-0.39, 0.29) is 23.5 Å². The monoisotopic (exact) mass is 270 g/mol. The maximum atomic E-state index is 12.0. The lowest BCUT2D eigenvalue weighted by Gasteiger charge is -2.38. The van der Waals surface area contributed by atoms with Crippen molar-refractivity contribution in [1.82, 2.24) is 10.2 Å². The Bertz CT molecular complexity index is 318. The normalized spacial score (nSPS) is 29.4. The summed E-state index contributed by atoms with van der Waals surface area (Å²) in [6.07, 6.45) is 3.90. The average molecular weight is 270 g/mol. The molecule has 2 amide bonds. The van der Waals surface area contributed by atoms with Crippen LogP contribution in [0.2, 0.25) is 0 Å². The van der Waals surface area contributed by atoms with Gasteiger partial charge >= 0.3 is 6.03 Å². The van der Waals surface area contributed by atoms with Crippen LogP contribution in [-0.4, -0.2) is 55.5 Å². The SMILES string of the molecule is CN(CC1CCCCC1O)C(=O)NCC1(C)COC1. The number of amides is 2. The van der Waals surface area contributed by atoms with Gasteiger partial charge in [0.25, 0.3) is 0 Å². The molecule has 0 aromatic rings. The van der Waals surface area contributed by atoms with Gasteiger partial charge in [-0.1, -0.05) is 19.8 Å². The average Bonchev–Trinajstić information content (AvgIpc) is 2.36. The molecule has 2 aliphatic rings. The third kappa shape index (κ3) is 3.83. The summed E-state index contributed by atoms with van der Waals surface area (Å²) in [5.41, 5.74) is 0.0981. The van der Waals surface area contributed by atoms with Gasteiger partial charge < -0.3 is 20.1 Å². The van der Waals surface area contributed by atoms with Crippen LogP contribution in [0.1, 0.15) is 32.6 Å². The second-order valence-corrected chi connectivity index (χ2v) is 6.45. The van der Waals surface area contributed by atoms with E-state index >= 15 is 0 Å². The highest BCUT2D eigenvalue weighted by atomic mass is 16.5. The topological polar surface area (TPSA) is 61.8 Å². The predicted octanol–water partition coefficient (Wildman–Crippen LogP) is 1.22. The summed E-state index contributed by atoms with van der Waals surface area (Å²) in [5.74, 6) is 0.229. The van der Waals surface area contributed by atoms with Gasteiger partial charge in [-0.25, -0.2) is 4.79 Å². The number of hydrogen-bond acceptors (Lipinski definition) is 3. The van der Waals surface area contributed by atoms with Crippen LogP contribution in [0, 0.1) is 11.3 Å². The molecule has 1 heterocycles. The smallest absolute Gasteiger partial charge is 0.317 e. The molecule has 1 aliphatic carbocycles. The quantitative estimate of drug-likeness (QED) is 0.807. The van der Waals surface area contributed by atoms with Gasteiger partial charge in [-0.15, -0.1) is 0 Å². The fourth-order valence-corrected chi connectivity index (χ4v) is 2.81. The number of nitrogens with one attached hydrogen (secondary N) is 1. The van der Waals surface area contributed by atoms with Crippen LogP contribution >= 0.6 is 0 Å². The maximum absolute atomic E-state index is 12.0. The summed E-state index contributed by atoms with van der Waals surface area (Å²) >= 11 is 0. The molecular formula is C14H26N2O3. The zero-order valence-corrected chi connectivity index (χ0v) is 12.0. The Balaban J connectivity index is 1.72. The third-order valence-electron chi connectivity index (χ3n) is 4.29. The molecule has 1 aliphatic heterocycles. The molecule has 2 rings (SSSR count). The van der Waals surface area contributed by atoms with Crippen molar-refractivity contribution in [2.24, 2.45) is 11.3 Å². The predicted molar refractivity (Wildman–Crippen MR) is 72.9 cm³/mol. The minimum Gasteiger partial charge on any atom is -0.393 e. The van der Waals surface area contributed by atoms with Crippen LogP contribution < -0.4 is 5.32 Å². The standard InChI is InChI=1S/C14H26N2O3/c1-14(9-19-10-14)8-15-13(18)16(2)7-11-5-3-4-6-12(11)17/h11-12,17H,3-10H2,1-2H3,(H,15,18). The highest BCUT2D eigenvalue weighted by Crippen LogP contribution is 2.26. The van der Waals surface area contributed by atoms with Crippen molar-refractivity contribution in [1.29, 1.82) is 0 Å². The highest BCUT2D eigenvalue weighted by molar-refractivity contribution is 5.73. The number of urea groups is 1. The molecule has 0 aromatic heterocycles. The molecule has 0 spiro atoms. The first kappa shape index (κ1) is 14.6. The Morgan fingerprint density at radius 2 is 2.11 bits per heavy atom. The lowest BCUT2D eigenvalue weighted by atomic mass is 9.86. The zero-order chi connectivity index (χ0) is 13.9. The fourth-order valence-electron chi connectivity index (χ4n) is 2.81. The summed E-state index contributed by atoms with van der Waals surface area (Å²) in [6, 6.07) is -0.0501. The number of ether oxygens (including phenoxy) is 1. The van der Waals surface area contributed by atoms with Crippen molar-refractivity contribution >= 4 is 6.03 Å². The van der Waals surface area contributed by atoms with Crippen molar-refractivity contribution in [2.45, 2.75) is 38.7 Å². The minimum atomic E-state index is -0.249. The van der Waals surface area contributed by atoms with Crippen LogP contribution in [0.25, 0.3) is 0 Å². The van der Waals surface area contributed by atoms with E-state index in [1.165, 1.54) is 0 Å². The molecule has 2 atom stereocenters. The van der Waals surface area contributed by atoms with Gasteiger partial charge in [0.05, 0.1) is 19.3 Å². The molecule has 5 nitrogen and oxygen atoms in total. The zero-order valence-electron chi connectivity index (χ0n) is 12.0. The van der Waals surface area contributed by atoms with Crippen molar-refractivity contribution in [2.75, 3.05) is 33.4 Å². The summed E-state index contributed by atoms with van der Waals surface area (Å²) in [7, 11) is 1.80. The second-order valence-electron chi connectivity index (χ2n) is 6.45. The Hall–Kier alpha value is -0.810. The van der Waals surface area contributed by atoms with E-state index in [9.17, 15) is 9.90 Å². The molecule has 2 unspecified atom stereocenters. The van der Waals surface area contributed by atoms with Crippen molar-refractivity contribution in [3.05, 3.63) is 0 Å². The number of carbonyl (C=O) groups excluding carboxylic acids is 1. The number of rotatable bonds is 4. The number of aliphatic hydroxyl groups is 1. The highest BCUT2D eigenvalue weighted by Gasteiger charge is 2.34. The van der Waals surface area contributed by atoms with Gasteiger partial charge in [-0.05, 0) is 12.8 Å². The van der Waals surface area contributed by atoms with Crippen LogP contribution in [0.5, 0.6) is 0 Å². The van der Waals surface area contributed by atoms with E-state index in [2.05, 4.69) is 12.2 Å². The summed E-state index contributed by atoms with van der Waals surface area (Å²) in [6.45, 7) is 4.85. The number of nitrogens with zero attached hydrogens (tertiary/aromatic N) is 1. The van der Waals surface area contributed by atoms with Crippen LogP contribution in [-0.2, 0) is 4.74 Å². The first-order chi connectivity index (χ1) is 9.00.